The highest BCUT2D eigenvalue weighted by molar-refractivity contribution is 9.10. The molecule has 0 spiro atoms. The highest BCUT2D eigenvalue weighted by atomic mass is 79.9. The molecule has 0 aliphatic rings. The number of methoxy groups -OCH3 is 1. The fourth-order valence-corrected chi connectivity index (χ4v) is 2.91. The lowest BCUT2D eigenvalue weighted by atomic mass is 9.99. The molecule has 0 fully saturated rings. The van der Waals surface area contributed by atoms with Gasteiger partial charge in [0.05, 0.1) is 26.4 Å². The lowest BCUT2D eigenvalue weighted by Crippen LogP contribution is -2.28. The largest absolute Gasteiger partial charge is 0.493 e. The summed E-state index contributed by atoms with van der Waals surface area (Å²) in [7, 11) is 1.58. The maximum atomic E-state index is 12.1. The number of carbonyl (C=O) groups is 2. The molecular weight excluding hydrogens is 404 g/mol. The molecule has 1 aromatic carbocycles. The van der Waals surface area contributed by atoms with Crippen molar-refractivity contribution in [3.8, 4) is 11.5 Å². The van der Waals surface area contributed by atoms with Gasteiger partial charge in [-0.15, -0.1) is 0 Å². The van der Waals surface area contributed by atoms with E-state index in [0.717, 1.165) is 10.0 Å². The summed E-state index contributed by atoms with van der Waals surface area (Å²) in [6.45, 7) is 7.70. The Balaban J connectivity index is 3.00. The molecule has 0 bridgehead atoms. The molecule has 0 saturated carbocycles. The number of aryl methyl sites for hydroxylation is 1. The summed E-state index contributed by atoms with van der Waals surface area (Å²) in [5.74, 6) is -0.840. The van der Waals surface area contributed by atoms with E-state index in [4.69, 9.17) is 18.9 Å². The molecule has 0 unspecified atom stereocenters. The molecule has 7 heteroatoms. The maximum absolute atomic E-state index is 12.1. The molecule has 0 amide bonds. The molecule has 0 aliphatic carbocycles. The van der Waals surface area contributed by atoms with E-state index in [1.165, 1.54) is 0 Å². The summed E-state index contributed by atoms with van der Waals surface area (Å²) in [6.07, 6.45) is 0.746. The fourth-order valence-electron chi connectivity index (χ4n) is 2.39. The first-order chi connectivity index (χ1) is 12.3. The lowest BCUT2D eigenvalue weighted by molar-refractivity contribution is -0.161. The molecule has 0 aliphatic heterocycles. The molecule has 0 radical (unpaired) electrons. The van der Waals surface area contributed by atoms with Crippen LogP contribution in [0.15, 0.2) is 16.6 Å². The second-order valence-corrected chi connectivity index (χ2v) is 6.71. The average Bonchev–Trinajstić information content (AvgIpc) is 2.57. The van der Waals surface area contributed by atoms with Gasteiger partial charge in [0.2, 0.25) is 0 Å². The van der Waals surface area contributed by atoms with Crippen LogP contribution in [0.5, 0.6) is 11.5 Å². The molecule has 6 nitrogen and oxygen atoms in total. The Labute approximate surface area is 163 Å². The Hall–Kier alpha value is -1.76. The number of rotatable bonds is 10. The fraction of sp³-hybridized carbons (Fsp3) is 0.579. The zero-order valence-electron chi connectivity index (χ0n) is 16.0. The van der Waals surface area contributed by atoms with E-state index in [0.29, 0.717) is 17.9 Å². The molecule has 146 valence electrons. The first-order valence-electron chi connectivity index (χ1n) is 8.70. The molecule has 0 atom stereocenters. The SMILES string of the molecule is CCOC(=O)C(CCc1cc(OC(C)C)c(OC)cc1Br)C(=O)OCC. The van der Waals surface area contributed by atoms with E-state index in [2.05, 4.69) is 15.9 Å². The van der Waals surface area contributed by atoms with Crippen LogP contribution in [0.25, 0.3) is 0 Å². The minimum atomic E-state index is -0.946. The van der Waals surface area contributed by atoms with Crippen LogP contribution in [0.2, 0.25) is 0 Å². The summed E-state index contributed by atoms with van der Waals surface area (Å²) in [6, 6.07) is 3.67. The Kier molecular flexibility index (Phi) is 9.48. The van der Waals surface area contributed by atoms with E-state index in [-0.39, 0.29) is 25.7 Å². The first kappa shape index (κ1) is 22.3. The third kappa shape index (κ3) is 6.52. The van der Waals surface area contributed by atoms with Crippen LogP contribution in [-0.4, -0.2) is 38.4 Å². The van der Waals surface area contributed by atoms with Crippen LogP contribution in [0.4, 0.5) is 0 Å². The van der Waals surface area contributed by atoms with E-state index in [9.17, 15) is 9.59 Å². The summed E-state index contributed by atoms with van der Waals surface area (Å²) in [5.41, 5.74) is 0.903. The highest BCUT2D eigenvalue weighted by Gasteiger charge is 2.29. The van der Waals surface area contributed by atoms with Gasteiger partial charge in [-0.1, -0.05) is 15.9 Å². The molecule has 26 heavy (non-hydrogen) atoms. The van der Waals surface area contributed by atoms with Crippen LogP contribution < -0.4 is 9.47 Å². The van der Waals surface area contributed by atoms with Crippen LogP contribution in [-0.2, 0) is 25.5 Å². The average molecular weight is 431 g/mol. The summed E-state index contributed by atoms with van der Waals surface area (Å²) < 4.78 is 22.0. The Morgan fingerprint density at radius 3 is 2.08 bits per heavy atom. The van der Waals surface area contributed by atoms with Gasteiger partial charge in [-0.3, -0.25) is 9.59 Å². The monoisotopic (exact) mass is 430 g/mol. The zero-order chi connectivity index (χ0) is 19.7. The van der Waals surface area contributed by atoms with Gasteiger partial charge in [0.25, 0.3) is 0 Å². The molecule has 0 saturated heterocycles. The molecule has 0 N–H and O–H groups in total. The second-order valence-electron chi connectivity index (χ2n) is 5.86. The first-order valence-corrected chi connectivity index (χ1v) is 9.49. The van der Waals surface area contributed by atoms with Crippen molar-refractivity contribution in [1.29, 1.82) is 0 Å². The number of carbonyl (C=O) groups excluding carboxylic acids is 2. The Morgan fingerprint density at radius 1 is 1.04 bits per heavy atom. The number of esters is 2. The summed E-state index contributed by atoms with van der Waals surface area (Å²) in [5, 5.41) is 0. The van der Waals surface area contributed by atoms with Gasteiger partial charge in [0, 0.05) is 4.47 Å². The lowest BCUT2D eigenvalue weighted by Gasteiger charge is -2.17. The van der Waals surface area contributed by atoms with E-state index >= 15 is 0 Å². The van der Waals surface area contributed by atoms with Gasteiger partial charge < -0.3 is 18.9 Å². The van der Waals surface area contributed by atoms with E-state index < -0.39 is 17.9 Å². The van der Waals surface area contributed by atoms with Gasteiger partial charge in [-0.2, -0.15) is 0 Å². The van der Waals surface area contributed by atoms with Gasteiger partial charge in [0.1, 0.15) is 0 Å². The number of halogens is 1. The van der Waals surface area contributed by atoms with Crippen molar-refractivity contribution in [2.45, 2.75) is 46.6 Å². The van der Waals surface area contributed by atoms with Gasteiger partial charge >= 0.3 is 11.9 Å². The van der Waals surface area contributed by atoms with E-state index in [1.807, 2.05) is 26.0 Å². The van der Waals surface area contributed by atoms with Crippen LogP contribution in [0.1, 0.15) is 39.7 Å². The summed E-state index contributed by atoms with van der Waals surface area (Å²) >= 11 is 3.51. The number of ether oxygens (including phenoxy) is 4. The van der Waals surface area contributed by atoms with Crippen LogP contribution in [0, 0.1) is 5.92 Å². The Bertz CT molecular complexity index is 596. The van der Waals surface area contributed by atoms with Crippen LogP contribution in [0.3, 0.4) is 0 Å². The predicted molar refractivity (Wildman–Crippen MR) is 102 cm³/mol. The topological polar surface area (TPSA) is 71.1 Å². The van der Waals surface area contributed by atoms with E-state index in [1.54, 1.807) is 21.0 Å². The quantitative estimate of drug-likeness (QED) is 0.413. The van der Waals surface area contributed by atoms with Crippen LogP contribution >= 0.6 is 15.9 Å². The minimum absolute atomic E-state index is 0.00950. The zero-order valence-corrected chi connectivity index (χ0v) is 17.6. The third-order valence-electron chi connectivity index (χ3n) is 3.54. The molecule has 0 heterocycles. The van der Waals surface area contributed by atoms with Gasteiger partial charge in [-0.25, -0.2) is 0 Å². The van der Waals surface area contributed by atoms with Crippen molar-refractivity contribution < 1.29 is 28.5 Å². The number of hydrogen-bond donors (Lipinski definition) is 0. The maximum Gasteiger partial charge on any atom is 0.320 e. The smallest absolute Gasteiger partial charge is 0.320 e. The normalized spacial score (nSPS) is 10.8. The summed E-state index contributed by atoms with van der Waals surface area (Å²) in [4.78, 5) is 24.2. The van der Waals surface area contributed by atoms with Crippen molar-refractivity contribution in [3.63, 3.8) is 0 Å². The van der Waals surface area contributed by atoms with Crippen molar-refractivity contribution in [3.05, 3.63) is 22.2 Å². The second kappa shape index (κ2) is 11.1. The Morgan fingerprint density at radius 2 is 1.62 bits per heavy atom. The third-order valence-corrected chi connectivity index (χ3v) is 4.28. The highest BCUT2D eigenvalue weighted by Crippen LogP contribution is 2.35. The van der Waals surface area contributed by atoms with Crippen molar-refractivity contribution in [2.75, 3.05) is 20.3 Å². The molecule has 0 aromatic heterocycles. The predicted octanol–water partition coefficient (Wildman–Crippen LogP) is 3.92. The van der Waals surface area contributed by atoms with Crippen molar-refractivity contribution >= 4 is 27.9 Å². The molecular formula is C19H27BrO6. The molecule has 1 aromatic rings. The minimum Gasteiger partial charge on any atom is -0.493 e. The van der Waals surface area contributed by atoms with Crippen molar-refractivity contribution in [1.82, 2.24) is 0 Å². The van der Waals surface area contributed by atoms with Crippen molar-refractivity contribution in [2.24, 2.45) is 5.92 Å². The molecule has 1 rings (SSSR count). The standard InChI is InChI=1S/C19H27BrO6/c1-6-24-18(21)14(19(22)25-7-2)9-8-13-10-17(26-12(3)4)16(23-5)11-15(13)20/h10-12,14H,6-9H2,1-5H3. The number of benzene rings is 1. The van der Waals surface area contributed by atoms with Gasteiger partial charge in [-0.05, 0) is 58.2 Å². The number of hydrogen-bond acceptors (Lipinski definition) is 6. The van der Waals surface area contributed by atoms with Gasteiger partial charge in [0.15, 0.2) is 17.4 Å².